The molecule has 0 radical (unpaired) electrons. The molecule has 0 heterocycles. The second-order valence-electron chi connectivity index (χ2n) is 4.28. The van der Waals surface area contributed by atoms with E-state index in [2.05, 4.69) is 8.85 Å². The molecule has 0 saturated carbocycles. The lowest BCUT2D eigenvalue weighted by atomic mass is 9.91. The van der Waals surface area contributed by atoms with Crippen LogP contribution in [0.3, 0.4) is 0 Å². The molecule has 0 aromatic rings. The summed E-state index contributed by atoms with van der Waals surface area (Å²) in [6, 6.07) is -1.03. The Balaban J connectivity index is 4.15. The highest BCUT2D eigenvalue weighted by atomic mass is 127. The van der Waals surface area contributed by atoms with E-state index in [0.29, 0.717) is 6.42 Å². The number of aliphatic hydroxyl groups is 1. The fourth-order valence-corrected chi connectivity index (χ4v) is 1.02. The number of urea groups is 1. The molecule has 6 nitrogen and oxygen atoms in total. The van der Waals surface area contributed by atoms with Crippen molar-refractivity contribution in [1.29, 1.82) is 0 Å². The Morgan fingerprint density at radius 2 is 2.06 bits per heavy atom. The van der Waals surface area contributed by atoms with Gasteiger partial charge in [-0.3, -0.25) is 8.32 Å². The number of nitrogens with one attached hydrogen (secondary N) is 2. The number of hydrogen-bond donors (Lipinski definition) is 3. The van der Waals surface area contributed by atoms with Gasteiger partial charge in [0.2, 0.25) is 0 Å². The van der Waals surface area contributed by atoms with Crippen molar-refractivity contribution in [3.8, 4) is 0 Å². The summed E-state index contributed by atoms with van der Waals surface area (Å²) in [6.45, 7) is 5.14. The molecule has 17 heavy (non-hydrogen) atoms. The van der Waals surface area contributed by atoms with Crippen molar-refractivity contribution in [1.82, 2.24) is 8.85 Å². The van der Waals surface area contributed by atoms with E-state index in [0.717, 1.165) is 0 Å². The van der Waals surface area contributed by atoms with E-state index >= 15 is 0 Å². The third kappa shape index (κ3) is 6.06. The van der Waals surface area contributed by atoms with Gasteiger partial charge in [0.1, 0.15) is 6.61 Å². The van der Waals surface area contributed by atoms with Gasteiger partial charge in [-0.15, -0.1) is 0 Å². The quantitative estimate of drug-likeness (QED) is 0.375. The first-order valence-corrected chi connectivity index (χ1v) is 6.40. The lowest BCUT2D eigenvalue weighted by molar-refractivity contribution is -0.155. The van der Waals surface area contributed by atoms with Crippen LogP contribution in [0.15, 0.2) is 0 Å². The molecule has 0 aliphatic carbocycles. The molecule has 3 N–H and O–H groups in total. The van der Waals surface area contributed by atoms with E-state index in [1.54, 1.807) is 36.7 Å². The molecule has 100 valence electrons. The van der Waals surface area contributed by atoms with E-state index in [-0.39, 0.29) is 19.2 Å². The maximum absolute atomic E-state index is 11.6. The molecule has 0 fully saturated rings. The van der Waals surface area contributed by atoms with Crippen molar-refractivity contribution in [3.63, 3.8) is 0 Å². The number of amides is 2. The molecule has 0 rings (SSSR count). The zero-order valence-electron chi connectivity index (χ0n) is 10.2. The van der Waals surface area contributed by atoms with Crippen molar-refractivity contribution in [3.05, 3.63) is 0 Å². The van der Waals surface area contributed by atoms with Gasteiger partial charge in [0.25, 0.3) is 0 Å². The van der Waals surface area contributed by atoms with E-state index in [1.807, 2.05) is 6.92 Å². The normalized spacial score (nSPS) is 12.8. The van der Waals surface area contributed by atoms with Crippen LogP contribution in [0.4, 0.5) is 4.79 Å². The SMILES string of the molecule is CCC(C)(C)C(=O)OCC(CO)NC(=O)NI. The zero-order chi connectivity index (χ0) is 13.5. The Kier molecular flexibility index (Phi) is 7.44. The first kappa shape index (κ1) is 16.4. The summed E-state index contributed by atoms with van der Waals surface area (Å²) in [7, 11) is 0. The Morgan fingerprint density at radius 1 is 1.47 bits per heavy atom. The van der Waals surface area contributed by atoms with Gasteiger partial charge in [-0.05, 0) is 20.3 Å². The third-order valence-electron chi connectivity index (χ3n) is 2.49. The van der Waals surface area contributed by atoms with Crippen LogP contribution in [-0.2, 0) is 9.53 Å². The van der Waals surface area contributed by atoms with Gasteiger partial charge in [0.15, 0.2) is 0 Å². The van der Waals surface area contributed by atoms with E-state index in [4.69, 9.17) is 9.84 Å². The second kappa shape index (κ2) is 7.70. The van der Waals surface area contributed by atoms with E-state index in [1.165, 1.54) is 0 Å². The molecule has 0 spiro atoms. The summed E-state index contributed by atoms with van der Waals surface area (Å²) in [5.74, 6) is -0.338. The van der Waals surface area contributed by atoms with Crippen LogP contribution >= 0.6 is 22.9 Å². The number of ether oxygens (including phenoxy) is 1. The predicted molar refractivity (Wildman–Crippen MR) is 71.6 cm³/mol. The van der Waals surface area contributed by atoms with Gasteiger partial charge >= 0.3 is 12.0 Å². The van der Waals surface area contributed by atoms with Crippen LogP contribution in [0.5, 0.6) is 0 Å². The van der Waals surface area contributed by atoms with Crippen LogP contribution < -0.4 is 8.85 Å². The number of hydrogen-bond acceptors (Lipinski definition) is 4. The largest absolute Gasteiger partial charge is 0.463 e. The predicted octanol–water partition coefficient (Wildman–Crippen LogP) is 0.976. The molecule has 0 aliphatic heterocycles. The number of halogens is 1. The first-order chi connectivity index (χ1) is 7.87. The van der Waals surface area contributed by atoms with Crippen LogP contribution in [0.25, 0.3) is 0 Å². The lowest BCUT2D eigenvalue weighted by Gasteiger charge is -2.22. The number of carbonyl (C=O) groups excluding carboxylic acids is 2. The maximum Gasteiger partial charge on any atom is 0.323 e. The smallest absolute Gasteiger partial charge is 0.323 e. The number of esters is 1. The molecule has 1 atom stereocenters. The average Bonchev–Trinajstić information content (AvgIpc) is 2.33. The molecule has 2 amide bonds. The Bertz CT molecular complexity index is 271. The summed E-state index contributed by atoms with van der Waals surface area (Å²) in [5, 5.41) is 11.5. The third-order valence-corrected chi connectivity index (χ3v) is 2.98. The Morgan fingerprint density at radius 3 is 2.47 bits per heavy atom. The minimum atomic E-state index is -0.596. The number of aliphatic hydroxyl groups excluding tert-OH is 1. The van der Waals surface area contributed by atoms with Gasteiger partial charge in [0, 0.05) is 0 Å². The molecular formula is C10H19IN2O4. The van der Waals surface area contributed by atoms with Crippen molar-refractivity contribution >= 4 is 34.9 Å². The summed E-state index contributed by atoms with van der Waals surface area (Å²) >= 11 is 1.67. The van der Waals surface area contributed by atoms with Crippen molar-refractivity contribution in [2.75, 3.05) is 13.2 Å². The van der Waals surface area contributed by atoms with E-state index in [9.17, 15) is 9.59 Å². The summed E-state index contributed by atoms with van der Waals surface area (Å²) in [6.07, 6.45) is 0.664. The van der Waals surface area contributed by atoms with Crippen LogP contribution in [0.1, 0.15) is 27.2 Å². The second-order valence-corrected chi connectivity index (χ2v) is 4.82. The van der Waals surface area contributed by atoms with Gasteiger partial charge in [-0.25, -0.2) is 4.79 Å². The standard InChI is InChI=1S/C10H19IN2O4/c1-4-10(2,3)8(15)17-6-7(5-14)12-9(16)13-11/h7,14H,4-6H2,1-3H3,(H2,12,13,16). The minimum Gasteiger partial charge on any atom is -0.463 e. The van der Waals surface area contributed by atoms with Crippen LogP contribution in [-0.4, -0.2) is 36.4 Å². The maximum atomic E-state index is 11.6. The van der Waals surface area contributed by atoms with Crippen LogP contribution in [0, 0.1) is 5.41 Å². The van der Waals surface area contributed by atoms with Crippen molar-refractivity contribution in [2.24, 2.45) is 5.41 Å². The van der Waals surface area contributed by atoms with E-state index < -0.39 is 17.5 Å². The zero-order valence-corrected chi connectivity index (χ0v) is 12.4. The Hall–Kier alpha value is -0.570. The van der Waals surface area contributed by atoms with Gasteiger partial charge in [-0.1, -0.05) is 6.92 Å². The fraction of sp³-hybridized carbons (Fsp3) is 0.800. The minimum absolute atomic E-state index is 0.0389. The molecule has 1 unspecified atom stereocenters. The number of rotatable bonds is 6. The fourth-order valence-electron chi connectivity index (χ4n) is 0.869. The molecule has 0 aromatic carbocycles. The lowest BCUT2D eigenvalue weighted by Crippen LogP contribution is -2.44. The van der Waals surface area contributed by atoms with Gasteiger partial charge in [-0.2, -0.15) is 0 Å². The van der Waals surface area contributed by atoms with Gasteiger partial charge in [0.05, 0.1) is 40.9 Å². The highest BCUT2D eigenvalue weighted by Crippen LogP contribution is 2.21. The first-order valence-electron chi connectivity index (χ1n) is 5.32. The molecule has 0 saturated heterocycles. The monoisotopic (exact) mass is 358 g/mol. The summed E-state index contributed by atoms with van der Waals surface area (Å²) < 4.78 is 7.38. The topological polar surface area (TPSA) is 87.7 Å². The molecule has 7 heteroatoms. The van der Waals surface area contributed by atoms with Crippen molar-refractivity contribution < 1.29 is 19.4 Å². The average molecular weight is 358 g/mol. The highest BCUT2D eigenvalue weighted by molar-refractivity contribution is 14.1. The molecular weight excluding hydrogens is 339 g/mol. The molecule has 0 aliphatic rings. The van der Waals surface area contributed by atoms with Gasteiger partial charge < -0.3 is 15.2 Å². The Labute approximate surface area is 115 Å². The van der Waals surface area contributed by atoms with Crippen molar-refractivity contribution in [2.45, 2.75) is 33.2 Å². The summed E-state index contributed by atoms with van der Waals surface area (Å²) in [4.78, 5) is 22.6. The number of carbonyl (C=O) groups is 2. The molecule has 0 aromatic heterocycles. The summed E-state index contributed by atoms with van der Waals surface area (Å²) in [5.41, 5.74) is -0.550. The highest BCUT2D eigenvalue weighted by Gasteiger charge is 2.27. The molecule has 0 bridgehead atoms. The van der Waals surface area contributed by atoms with Crippen LogP contribution in [0.2, 0.25) is 0 Å².